The Morgan fingerprint density at radius 2 is 1.81 bits per heavy atom. The quantitative estimate of drug-likeness (QED) is 0.783. The summed E-state index contributed by atoms with van der Waals surface area (Å²) < 4.78 is 5.44. The number of carbonyl (C=O) groups excluding carboxylic acids is 2. The van der Waals surface area contributed by atoms with Crippen molar-refractivity contribution in [1.82, 2.24) is 10.2 Å². The maximum atomic E-state index is 12.8. The van der Waals surface area contributed by atoms with E-state index in [1.54, 1.807) is 12.1 Å². The molecule has 2 N–H and O–H groups in total. The molecule has 0 aliphatic carbocycles. The van der Waals surface area contributed by atoms with Gasteiger partial charge in [-0.25, -0.2) is 0 Å². The third-order valence-corrected chi connectivity index (χ3v) is 4.80. The number of ether oxygens (including phenoxy) is 1. The fraction of sp³-hybridized carbons (Fsp3) is 0.600. The van der Waals surface area contributed by atoms with Crippen molar-refractivity contribution < 1.29 is 14.3 Å². The Morgan fingerprint density at radius 1 is 1.19 bits per heavy atom. The van der Waals surface area contributed by atoms with Crippen LogP contribution < -0.4 is 15.4 Å². The minimum atomic E-state index is -0.292. The molecule has 1 heterocycles. The number of piperidine rings is 1. The topological polar surface area (TPSA) is 70.7 Å². The van der Waals surface area contributed by atoms with Crippen LogP contribution in [0.1, 0.15) is 47.0 Å². The van der Waals surface area contributed by atoms with Gasteiger partial charge in [-0.3, -0.25) is 9.59 Å². The molecule has 0 unspecified atom stereocenters. The van der Waals surface area contributed by atoms with E-state index in [1.807, 2.05) is 30.9 Å². The zero-order chi connectivity index (χ0) is 19.1. The number of anilines is 1. The summed E-state index contributed by atoms with van der Waals surface area (Å²) in [4.78, 5) is 26.3. The number of hydrogen-bond acceptors (Lipinski definition) is 4. The molecule has 2 amide bonds. The maximum Gasteiger partial charge on any atom is 0.257 e. The number of likely N-dealkylation sites (N-methyl/N-ethyl adjacent to an activating group) is 1. The second-order valence-corrected chi connectivity index (χ2v) is 7.01. The predicted octanol–water partition coefficient (Wildman–Crippen LogP) is 2.79. The summed E-state index contributed by atoms with van der Waals surface area (Å²) in [6, 6.07) is 7.61. The zero-order valence-electron chi connectivity index (χ0n) is 16.2. The summed E-state index contributed by atoms with van der Waals surface area (Å²) in [5.74, 6) is 0.624. The molecule has 2 rings (SSSR count). The van der Waals surface area contributed by atoms with Crippen LogP contribution in [0.3, 0.4) is 0 Å². The normalized spacial score (nSPS) is 21.0. The molecule has 0 spiro atoms. The van der Waals surface area contributed by atoms with Gasteiger partial charge in [0.05, 0.1) is 0 Å². The largest absolute Gasteiger partial charge is 0.484 e. The van der Waals surface area contributed by atoms with E-state index in [-0.39, 0.29) is 24.5 Å². The summed E-state index contributed by atoms with van der Waals surface area (Å²) in [7, 11) is 0. The highest BCUT2D eigenvalue weighted by molar-refractivity contribution is 5.85. The van der Waals surface area contributed by atoms with Gasteiger partial charge in [-0.2, -0.15) is 0 Å². The summed E-state index contributed by atoms with van der Waals surface area (Å²) in [5, 5.41) is 5.95. The first-order chi connectivity index (χ1) is 12.4. The van der Waals surface area contributed by atoms with E-state index in [2.05, 4.69) is 24.5 Å². The summed E-state index contributed by atoms with van der Waals surface area (Å²) >= 11 is 0. The van der Waals surface area contributed by atoms with Crippen molar-refractivity contribution in [2.24, 2.45) is 0 Å². The minimum Gasteiger partial charge on any atom is -0.484 e. The second kappa shape index (κ2) is 9.46. The maximum absolute atomic E-state index is 12.8. The first-order valence-electron chi connectivity index (χ1n) is 9.50. The summed E-state index contributed by atoms with van der Waals surface area (Å²) in [6.45, 7) is 8.61. The molecule has 1 aromatic rings. The molecule has 0 saturated carbocycles. The fourth-order valence-electron chi connectivity index (χ4n) is 3.44. The Balaban J connectivity index is 1.89. The molecular weight excluding hydrogens is 330 g/mol. The lowest BCUT2D eigenvalue weighted by Gasteiger charge is -2.40. The zero-order valence-corrected chi connectivity index (χ0v) is 16.2. The van der Waals surface area contributed by atoms with Crippen molar-refractivity contribution in [1.29, 1.82) is 0 Å². The minimum absolute atomic E-state index is 0.000239. The first-order valence-corrected chi connectivity index (χ1v) is 9.50. The highest BCUT2D eigenvalue weighted by Crippen LogP contribution is 2.24. The number of carbonyl (C=O) groups is 2. The number of benzene rings is 1. The highest BCUT2D eigenvalue weighted by Gasteiger charge is 2.31. The van der Waals surface area contributed by atoms with E-state index in [1.165, 1.54) is 6.42 Å². The number of nitrogens with one attached hydrogen (secondary N) is 2. The molecule has 0 aromatic heterocycles. The lowest BCUT2D eigenvalue weighted by Crippen LogP contribution is -2.52. The number of likely N-dealkylation sites (tertiary alicyclic amines) is 1. The van der Waals surface area contributed by atoms with Crippen molar-refractivity contribution in [3.05, 3.63) is 24.3 Å². The van der Waals surface area contributed by atoms with Crippen molar-refractivity contribution in [3.63, 3.8) is 0 Å². The van der Waals surface area contributed by atoms with E-state index in [9.17, 15) is 9.59 Å². The van der Waals surface area contributed by atoms with Crippen LogP contribution in [-0.4, -0.2) is 48.0 Å². The van der Waals surface area contributed by atoms with Gasteiger partial charge in [0.25, 0.3) is 5.91 Å². The standard InChI is InChI=1S/C20H31N3O3/c1-5-21-19(24)13-26-18-11-9-17(10-12-18)22-16(4)20(25)23-14(2)7-6-8-15(23)3/h9-12,14-16,22H,5-8,13H2,1-4H3,(H,21,24)/t14-,15-,16+/m0/s1. The van der Waals surface area contributed by atoms with Crippen LogP contribution in [0.15, 0.2) is 24.3 Å². The SMILES string of the molecule is CCNC(=O)COc1ccc(N[C@H](C)C(=O)N2[C@@H](C)CCC[C@@H]2C)cc1. The van der Waals surface area contributed by atoms with Gasteiger partial charge in [0.15, 0.2) is 6.61 Å². The highest BCUT2D eigenvalue weighted by atomic mass is 16.5. The van der Waals surface area contributed by atoms with Crippen LogP contribution >= 0.6 is 0 Å². The lowest BCUT2D eigenvalue weighted by molar-refractivity contribution is -0.137. The fourth-order valence-corrected chi connectivity index (χ4v) is 3.44. The van der Waals surface area contributed by atoms with E-state index in [0.717, 1.165) is 18.5 Å². The average Bonchev–Trinajstić information content (AvgIpc) is 2.61. The molecule has 1 aliphatic rings. The smallest absolute Gasteiger partial charge is 0.257 e. The van der Waals surface area contributed by atoms with Gasteiger partial charge in [0.1, 0.15) is 11.8 Å². The first kappa shape index (κ1) is 20.1. The van der Waals surface area contributed by atoms with E-state index in [4.69, 9.17) is 4.74 Å². The Morgan fingerprint density at radius 3 is 2.38 bits per heavy atom. The van der Waals surface area contributed by atoms with Gasteiger partial charge in [-0.15, -0.1) is 0 Å². The third kappa shape index (κ3) is 5.38. The van der Waals surface area contributed by atoms with Crippen LogP contribution in [0.5, 0.6) is 5.75 Å². The van der Waals surface area contributed by atoms with Crippen LogP contribution in [0.4, 0.5) is 5.69 Å². The van der Waals surface area contributed by atoms with Crippen LogP contribution in [0.25, 0.3) is 0 Å². The van der Waals surface area contributed by atoms with Crippen molar-refractivity contribution in [2.75, 3.05) is 18.5 Å². The molecule has 0 bridgehead atoms. The molecule has 1 fully saturated rings. The van der Waals surface area contributed by atoms with Crippen molar-refractivity contribution in [3.8, 4) is 5.75 Å². The van der Waals surface area contributed by atoms with Crippen molar-refractivity contribution >= 4 is 17.5 Å². The van der Waals surface area contributed by atoms with Gasteiger partial charge in [0.2, 0.25) is 5.91 Å². The van der Waals surface area contributed by atoms with Crippen molar-refractivity contribution in [2.45, 2.75) is 65.1 Å². The lowest BCUT2D eigenvalue weighted by atomic mass is 9.96. The number of amides is 2. The molecule has 0 radical (unpaired) electrons. The van der Waals surface area contributed by atoms with E-state index in [0.29, 0.717) is 24.4 Å². The molecule has 1 aromatic carbocycles. The van der Waals surface area contributed by atoms with Gasteiger partial charge in [-0.05, 0) is 71.2 Å². The Hall–Kier alpha value is -2.24. The molecule has 144 valence electrons. The monoisotopic (exact) mass is 361 g/mol. The molecule has 3 atom stereocenters. The van der Waals surface area contributed by atoms with Gasteiger partial charge >= 0.3 is 0 Å². The molecule has 1 saturated heterocycles. The van der Waals surface area contributed by atoms with Crippen LogP contribution in [-0.2, 0) is 9.59 Å². The van der Waals surface area contributed by atoms with Gasteiger partial charge in [0, 0.05) is 24.3 Å². The van der Waals surface area contributed by atoms with Gasteiger partial charge < -0.3 is 20.3 Å². The number of hydrogen-bond donors (Lipinski definition) is 2. The predicted molar refractivity (Wildman–Crippen MR) is 103 cm³/mol. The average molecular weight is 361 g/mol. The molecular formula is C20H31N3O3. The molecule has 6 nitrogen and oxygen atoms in total. The molecule has 6 heteroatoms. The number of nitrogens with zero attached hydrogens (tertiary/aromatic N) is 1. The van der Waals surface area contributed by atoms with E-state index >= 15 is 0 Å². The summed E-state index contributed by atoms with van der Waals surface area (Å²) in [5.41, 5.74) is 0.855. The molecule has 1 aliphatic heterocycles. The Labute approximate surface area is 156 Å². The second-order valence-electron chi connectivity index (χ2n) is 7.01. The third-order valence-electron chi connectivity index (χ3n) is 4.80. The Kier molecular flexibility index (Phi) is 7.30. The number of rotatable bonds is 7. The molecule has 26 heavy (non-hydrogen) atoms. The van der Waals surface area contributed by atoms with Crippen LogP contribution in [0, 0.1) is 0 Å². The summed E-state index contributed by atoms with van der Waals surface area (Å²) in [6.07, 6.45) is 3.33. The van der Waals surface area contributed by atoms with Crippen LogP contribution in [0.2, 0.25) is 0 Å². The Bertz CT molecular complexity index is 593. The van der Waals surface area contributed by atoms with Gasteiger partial charge in [-0.1, -0.05) is 0 Å². The van der Waals surface area contributed by atoms with E-state index < -0.39 is 0 Å².